The Labute approximate surface area is 113 Å². The third kappa shape index (κ3) is 5.70. The zero-order valence-electron chi connectivity index (χ0n) is 11.7. The lowest BCUT2D eigenvalue weighted by atomic mass is 10.1. The predicted octanol–water partition coefficient (Wildman–Crippen LogP) is 1.44. The number of halogens is 1. The standard InChI is InChI=1S/C14H21FN2O2/c1-17(2)8-4-7-16-14(18)10-11-5-6-13(19-3)12(15)9-11/h5-6,9H,4,7-8,10H2,1-3H3,(H,16,18). The molecule has 1 aromatic carbocycles. The molecule has 0 atom stereocenters. The Bertz CT molecular complexity index is 422. The van der Waals surface area contributed by atoms with E-state index in [4.69, 9.17) is 4.74 Å². The number of hydrogen-bond acceptors (Lipinski definition) is 3. The van der Waals surface area contributed by atoms with E-state index < -0.39 is 5.82 Å². The summed E-state index contributed by atoms with van der Waals surface area (Å²) < 4.78 is 18.3. The van der Waals surface area contributed by atoms with Gasteiger partial charge in [-0.1, -0.05) is 6.07 Å². The Morgan fingerprint density at radius 1 is 1.42 bits per heavy atom. The zero-order valence-corrected chi connectivity index (χ0v) is 11.7. The SMILES string of the molecule is COc1ccc(CC(=O)NCCCN(C)C)cc1F. The van der Waals surface area contributed by atoms with Crippen LogP contribution in [-0.2, 0) is 11.2 Å². The van der Waals surface area contributed by atoms with E-state index in [1.807, 2.05) is 14.1 Å². The molecule has 0 saturated carbocycles. The first kappa shape index (κ1) is 15.4. The van der Waals surface area contributed by atoms with Gasteiger partial charge in [0.1, 0.15) is 0 Å². The highest BCUT2D eigenvalue weighted by Gasteiger charge is 2.07. The summed E-state index contributed by atoms with van der Waals surface area (Å²) in [6.45, 7) is 1.56. The lowest BCUT2D eigenvalue weighted by Gasteiger charge is -2.10. The van der Waals surface area contributed by atoms with Crippen molar-refractivity contribution in [1.82, 2.24) is 10.2 Å². The largest absolute Gasteiger partial charge is 0.494 e. The highest BCUT2D eigenvalue weighted by molar-refractivity contribution is 5.78. The molecular formula is C14H21FN2O2. The molecule has 0 aliphatic rings. The minimum absolute atomic E-state index is 0.0941. The van der Waals surface area contributed by atoms with Crippen LogP contribution in [0, 0.1) is 5.82 Å². The summed E-state index contributed by atoms with van der Waals surface area (Å²) in [7, 11) is 5.39. The fraction of sp³-hybridized carbons (Fsp3) is 0.500. The van der Waals surface area contributed by atoms with Gasteiger partial charge in [-0.15, -0.1) is 0 Å². The molecule has 0 unspecified atom stereocenters. The van der Waals surface area contributed by atoms with E-state index in [9.17, 15) is 9.18 Å². The number of nitrogens with zero attached hydrogens (tertiary/aromatic N) is 1. The average molecular weight is 268 g/mol. The second-order valence-electron chi connectivity index (χ2n) is 4.65. The molecule has 0 saturated heterocycles. The van der Waals surface area contributed by atoms with Gasteiger partial charge in [-0.25, -0.2) is 4.39 Å². The molecule has 0 aliphatic carbocycles. The first-order valence-electron chi connectivity index (χ1n) is 6.26. The number of carbonyl (C=O) groups is 1. The Morgan fingerprint density at radius 3 is 2.74 bits per heavy atom. The Balaban J connectivity index is 2.38. The van der Waals surface area contributed by atoms with E-state index in [0.717, 1.165) is 13.0 Å². The minimum atomic E-state index is -0.444. The number of benzene rings is 1. The van der Waals surface area contributed by atoms with Gasteiger partial charge in [0, 0.05) is 6.54 Å². The van der Waals surface area contributed by atoms with Crippen molar-refractivity contribution in [3.8, 4) is 5.75 Å². The smallest absolute Gasteiger partial charge is 0.224 e. The van der Waals surface area contributed by atoms with Gasteiger partial charge in [0.05, 0.1) is 13.5 Å². The molecule has 0 fully saturated rings. The number of ether oxygens (including phenoxy) is 1. The van der Waals surface area contributed by atoms with E-state index in [1.54, 1.807) is 6.07 Å². The molecular weight excluding hydrogens is 247 g/mol. The van der Waals surface area contributed by atoms with Crippen molar-refractivity contribution in [3.63, 3.8) is 0 Å². The summed E-state index contributed by atoms with van der Waals surface area (Å²) in [5.74, 6) is -0.348. The van der Waals surface area contributed by atoms with Gasteiger partial charge >= 0.3 is 0 Å². The Hall–Kier alpha value is -1.62. The maximum absolute atomic E-state index is 13.4. The van der Waals surface area contributed by atoms with Crippen molar-refractivity contribution in [3.05, 3.63) is 29.6 Å². The summed E-state index contributed by atoms with van der Waals surface area (Å²) in [6.07, 6.45) is 1.08. The molecule has 1 rings (SSSR count). The van der Waals surface area contributed by atoms with Crippen LogP contribution in [0.15, 0.2) is 18.2 Å². The first-order valence-corrected chi connectivity index (χ1v) is 6.26. The van der Waals surface area contributed by atoms with Gasteiger partial charge in [0.2, 0.25) is 5.91 Å². The maximum Gasteiger partial charge on any atom is 0.224 e. The Kier molecular flexibility index (Phi) is 6.29. The number of nitrogens with one attached hydrogen (secondary N) is 1. The van der Waals surface area contributed by atoms with Crippen molar-refractivity contribution in [2.24, 2.45) is 0 Å². The molecule has 0 spiro atoms. The van der Waals surface area contributed by atoms with E-state index in [-0.39, 0.29) is 18.1 Å². The van der Waals surface area contributed by atoms with Crippen LogP contribution < -0.4 is 10.1 Å². The van der Waals surface area contributed by atoms with Crippen LogP contribution in [0.2, 0.25) is 0 Å². The molecule has 19 heavy (non-hydrogen) atoms. The quantitative estimate of drug-likeness (QED) is 0.761. The molecule has 0 heterocycles. The number of carbonyl (C=O) groups excluding carboxylic acids is 1. The van der Waals surface area contributed by atoms with Gasteiger partial charge in [-0.05, 0) is 44.8 Å². The topological polar surface area (TPSA) is 41.6 Å². The maximum atomic E-state index is 13.4. The van der Waals surface area contributed by atoms with Crippen LogP contribution in [-0.4, -0.2) is 45.1 Å². The molecule has 0 aromatic heterocycles. The van der Waals surface area contributed by atoms with Crippen LogP contribution in [0.1, 0.15) is 12.0 Å². The van der Waals surface area contributed by atoms with Crippen LogP contribution in [0.3, 0.4) is 0 Å². The van der Waals surface area contributed by atoms with Crippen molar-refractivity contribution in [1.29, 1.82) is 0 Å². The molecule has 1 aromatic rings. The number of rotatable bonds is 7. The lowest BCUT2D eigenvalue weighted by molar-refractivity contribution is -0.120. The van der Waals surface area contributed by atoms with E-state index in [2.05, 4.69) is 10.2 Å². The van der Waals surface area contributed by atoms with Crippen molar-refractivity contribution in [2.45, 2.75) is 12.8 Å². The fourth-order valence-electron chi connectivity index (χ4n) is 1.69. The summed E-state index contributed by atoms with van der Waals surface area (Å²) in [4.78, 5) is 13.7. The minimum Gasteiger partial charge on any atom is -0.494 e. The molecule has 4 nitrogen and oxygen atoms in total. The summed E-state index contributed by atoms with van der Waals surface area (Å²) in [5, 5.41) is 2.82. The van der Waals surface area contributed by atoms with Crippen molar-refractivity contribution >= 4 is 5.91 Å². The summed E-state index contributed by atoms with van der Waals surface area (Å²) >= 11 is 0. The van der Waals surface area contributed by atoms with Gasteiger partial charge in [0.15, 0.2) is 11.6 Å². The average Bonchev–Trinajstić information content (AvgIpc) is 2.35. The Morgan fingerprint density at radius 2 is 2.16 bits per heavy atom. The van der Waals surface area contributed by atoms with E-state index >= 15 is 0 Å². The molecule has 106 valence electrons. The first-order chi connectivity index (χ1) is 9.02. The van der Waals surface area contributed by atoms with Gasteiger partial charge in [-0.2, -0.15) is 0 Å². The molecule has 0 aliphatic heterocycles. The number of hydrogen-bond donors (Lipinski definition) is 1. The predicted molar refractivity (Wildman–Crippen MR) is 72.8 cm³/mol. The van der Waals surface area contributed by atoms with Crippen LogP contribution in [0.25, 0.3) is 0 Å². The fourth-order valence-corrected chi connectivity index (χ4v) is 1.69. The van der Waals surface area contributed by atoms with Crippen LogP contribution in [0.5, 0.6) is 5.75 Å². The van der Waals surface area contributed by atoms with Crippen molar-refractivity contribution in [2.75, 3.05) is 34.3 Å². The second kappa shape index (κ2) is 7.74. The number of methoxy groups -OCH3 is 1. The normalized spacial score (nSPS) is 10.6. The molecule has 5 heteroatoms. The van der Waals surface area contributed by atoms with Crippen LogP contribution in [0.4, 0.5) is 4.39 Å². The lowest BCUT2D eigenvalue weighted by Crippen LogP contribution is -2.28. The molecule has 0 bridgehead atoms. The highest BCUT2D eigenvalue weighted by Crippen LogP contribution is 2.17. The third-order valence-electron chi connectivity index (χ3n) is 2.69. The molecule has 0 radical (unpaired) electrons. The van der Waals surface area contributed by atoms with Gasteiger partial charge < -0.3 is 15.0 Å². The van der Waals surface area contributed by atoms with Gasteiger partial charge in [-0.3, -0.25) is 4.79 Å². The molecule has 1 amide bonds. The van der Waals surface area contributed by atoms with E-state index in [0.29, 0.717) is 12.1 Å². The summed E-state index contributed by atoms with van der Waals surface area (Å²) in [5.41, 5.74) is 0.642. The monoisotopic (exact) mass is 268 g/mol. The second-order valence-corrected chi connectivity index (χ2v) is 4.65. The summed E-state index contributed by atoms with van der Waals surface area (Å²) in [6, 6.07) is 4.56. The molecule has 1 N–H and O–H groups in total. The highest BCUT2D eigenvalue weighted by atomic mass is 19.1. The van der Waals surface area contributed by atoms with E-state index in [1.165, 1.54) is 19.2 Å². The third-order valence-corrected chi connectivity index (χ3v) is 2.69. The zero-order chi connectivity index (χ0) is 14.3. The van der Waals surface area contributed by atoms with Gasteiger partial charge in [0.25, 0.3) is 0 Å². The van der Waals surface area contributed by atoms with Crippen LogP contribution >= 0.6 is 0 Å². The number of amides is 1. The van der Waals surface area contributed by atoms with Crippen molar-refractivity contribution < 1.29 is 13.9 Å².